The lowest BCUT2D eigenvalue weighted by atomic mass is 9.96. The Balaban J connectivity index is 1.91. The number of aromatic nitrogens is 1. The number of hydrogen-bond acceptors (Lipinski definition) is 3. The zero-order valence-electron chi connectivity index (χ0n) is 11.7. The van der Waals surface area contributed by atoms with E-state index >= 15 is 0 Å². The fourth-order valence-electron chi connectivity index (χ4n) is 2.66. The summed E-state index contributed by atoms with van der Waals surface area (Å²) >= 11 is 12.1. The molecule has 0 amide bonds. The molecule has 1 aliphatic heterocycles. The quantitative estimate of drug-likeness (QED) is 0.902. The van der Waals surface area contributed by atoms with Gasteiger partial charge < -0.3 is 10.1 Å². The predicted octanol–water partition coefficient (Wildman–Crippen LogP) is 4.26. The number of hydrogen-bond donors (Lipinski definition) is 1. The maximum atomic E-state index is 13.5. The predicted molar refractivity (Wildman–Crippen MR) is 85.0 cm³/mol. The smallest absolute Gasteiger partial charge is 0.141 e. The van der Waals surface area contributed by atoms with Crippen molar-refractivity contribution in [2.24, 2.45) is 5.92 Å². The summed E-state index contributed by atoms with van der Waals surface area (Å²) in [6.45, 7) is 1.73. The largest absolute Gasteiger partial charge is 0.484 e. The summed E-state index contributed by atoms with van der Waals surface area (Å²) in [7, 11) is 0. The van der Waals surface area contributed by atoms with Crippen LogP contribution in [-0.4, -0.2) is 18.1 Å². The van der Waals surface area contributed by atoms with Crippen LogP contribution < -0.4 is 10.1 Å². The topological polar surface area (TPSA) is 34.1 Å². The maximum Gasteiger partial charge on any atom is 0.141 e. The van der Waals surface area contributed by atoms with Crippen molar-refractivity contribution in [3.8, 4) is 5.75 Å². The van der Waals surface area contributed by atoms with E-state index in [0.29, 0.717) is 21.4 Å². The van der Waals surface area contributed by atoms with E-state index in [1.54, 1.807) is 24.4 Å². The third kappa shape index (κ3) is 3.51. The lowest BCUT2D eigenvalue weighted by molar-refractivity contribution is 0.144. The van der Waals surface area contributed by atoms with Crippen LogP contribution in [-0.2, 0) is 0 Å². The van der Waals surface area contributed by atoms with Gasteiger partial charge in [-0.1, -0.05) is 23.2 Å². The molecule has 1 aromatic heterocycles. The lowest BCUT2D eigenvalue weighted by Gasteiger charge is -2.25. The molecule has 2 unspecified atom stereocenters. The summed E-state index contributed by atoms with van der Waals surface area (Å²) in [5.74, 6) is 0.391. The third-order valence-corrected chi connectivity index (χ3v) is 4.26. The van der Waals surface area contributed by atoms with Crippen LogP contribution in [0.25, 0.3) is 0 Å². The van der Waals surface area contributed by atoms with Crippen LogP contribution in [0, 0.1) is 11.7 Å². The first kappa shape index (κ1) is 15.5. The summed E-state index contributed by atoms with van der Waals surface area (Å²) in [4.78, 5) is 3.93. The molecular weight excluding hydrogens is 326 g/mol. The Kier molecular flexibility index (Phi) is 4.81. The molecule has 1 fully saturated rings. The molecule has 1 aliphatic rings. The molecule has 22 heavy (non-hydrogen) atoms. The van der Waals surface area contributed by atoms with E-state index in [1.165, 1.54) is 12.3 Å². The first-order chi connectivity index (χ1) is 10.6. The van der Waals surface area contributed by atoms with Crippen molar-refractivity contribution in [2.45, 2.75) is 12.5 Å². The Labute approximate surface area is 138 Å². The minimum absolute atomic E-state index is 0.232. The van der Waals surface area contributed by atoms with Crippen LogP contribution in [0.4, 0.5) is 4.39 Å². The highest BCUT2D eigenvalue weighted by Crippen LogP contribution is 2.36. The van der Waals surface area contributed by atoms with E-state index in [1.807, 2.05) is 0 Å². The second-order valence-corrected chi connectivity index (χ2v) is 6.15. The van der Waals surface area contributed by atoms with Gasteiger partial charge in [0.15, 0.2) is 0 Å². The van der Waals surface area contributed by atoms with Gasteiger partial charge in [0.05, 0.1) is 11.2 Å². The van der Waals surface area contributed by atoms with E-state index in [4.69, 9.17) is 27.9 Å². The maximum absolute atomic E-state index is 13.5. The van der Waals surface area contributed by atoms with Gasteiger partial charge >= 0.3 is 0 Å². The van der Waals surface area contributed by atoms with Gasteiger partial charge in [-0.3, -0.25) is 4.98 Å². The minimum Gasteiger partial charge on any atom is -0.484 e. The van der Waals surface area contributed by atoms with Crippen LogP contribution in [0.1, 0.15) is 18.1 Å². The molecule has 0 radical (unpaired) electrons. The molecule has 116 valence electrons. The molecule has 0 spiro atoms. The fraction of sp³-hybridized carbons (Fsp3) is 0.312. The monoisotopic (exact) mass is 340 g/mol. The SMILES string of the molecule is Fc1cncc(C(Oc2ccc(Cl)cc2Cl)C2CCNC2)c1. The summed E-state index contributed by atoms with van der Waals surface area (Å²) in [6.07, 6.45) is 3.46. The van der Waals surface area contributed by atoms with Crippen molar-refractivity contribution < 1.29 is 9.13 Å². The van der Waals surface area contributed by atoms with Gasteiger partial charge in [-0.05, 0) is 37.2 Å². The molecule has 0 aliphatic carbocycles. The van der Waals surface area contributed by atoms with Gasteiger partial charge in [-0.15, -0.1) is 0 Å². The average molecular weight is 341 g/mol. The van der Waals surface area contributed by atoms with Crippen LogP contribution in [0.3, 0.4) is 0 Å². The molecule has 1 N–H and O–H groups in total. The summed E-state index contributed by atoms with van der Waals surface area (Å²) in [5, 5.41) is 4.28. The first-order valence-electron chi connectivity index (χ1n) is 7.06. The number of ether oxygens (including phenoxy) is 1. The molecule has 1 saturated heterocycles. The third-order valence-electron chi connectivity index (χ3n) is 3.73. The summed E-state index contributed by atoms with van der Waals surface area (Å²) < 4.78 is 19.6. The Morgan fingerprint density at radius 3 is 2.82 bits per heavy atom. The van der Waals surface area contributed by atoms with Gasteiger partial charge in [0, 0.05) is 29.2 Å². The van der Waals surface area contributed by atoms with Crippen LogP contribution in [0.2, 0.25) is 10.0 Å². The van der Waals surface area contributed by atoms with Gasteiger partial charge in [0.1, 0.15) is 17.7 Å². The number of nitrogens with one attached hydrogen (secondary N) is 1. The minimum atomic E-state index is -0.376. The van der Waals surface area contributed by atoms with E-state index in [2.05, 4.69) is 10.3 Å². The van der Waals surface area contributed by atoms with Crippen molar-refractivity contribution in [1.82, 2.24) is 10.3 Å². The number of halogens is 3. The van der Waals surface area contributed by atoms with Crippen LogP contribution >= 0.6 is 23.2 Å². The molecule has 6 heteroatoms. The highest BCUT2D eigenvalue weighted by atomic mass is 35.5. The Morgan fingerprint density at radius 1 is 1.27 bits per heavy atom. The van der Waals surface area contributed by atoms with Crippen LogP contribution in [0.15, 0.2) is 36.7 Å². The standard InChI is InChI=1S/C16H15Cl2FN2O/c17-12-1-2-15(14(18)6-12)22-16(10-3-4-20-7-10)11-5-13(19)9-21-8-11/h1-2,5-6,8-10,16,20H,3-4,7H2. The van der Waals surface area contributed by atoms with Crippen molar-refractivity contribution in [3.63, 3.8) is 0 Å². The number of pyridine rings is 1. The molecule has 1 aromatic carbocycles. The zero-order valence-corrected chi connectivity index (χ0v) is 13.2. The first-order valence-corrected chi connectivity index (χ1v) is 7.82. The molecule has 0 saturated carbocycles. The number of benzene rings is 1. The Bertz CT molecular complexity index is 662. The highest BCUT2D eigenvalue weighted by Gasteiger charge is 2.29. The van der Waals surface area contributed by atoms with Crippen molar-refractivity contribution in [2.75, 3.05) is 13.1 Å². The fourth-order valence-corrected chi connectivity index (χ4v) is 3.12. The second kappa shape index (κ2) is 6.82. The Hall–Kier alpha value is -1.36. The molecule has 2 atom stereocenters. The van der Waals surface area contributed by atoms with E-state index in [9.17, 15) is 4.39 Å². The molecular formula is C16H15Cl2FN2O. The molecule has 3 rings (SSSR count). The lowest BCUT2D eigenvalue weighted by Crippen LogP contribution is -2.21. The van der Waals surface area contributed by atoms with Gasteiger partial charge in [-0.2, -0.15) is 0 Å². The Morgan fingerprint density at radius 2 is 2.14 bits per heavy atom. The molecule has 0 bridgehead atoms. The summed E-state index contributed by atoms with van der Waals surface area (Å²) in [5.41, 5.74) is 0.708. The number of nitrogens with zero attached hydrogens (tertiary/aromatic N) is 1. The average Bonchev–Trinajstić information content (AvgIpc) is 3.00. The summed E-state index contributed by atoms with van der Waals surface area (Å²) in [6, 6.07) is 6.54. The van der Waals surface area contributed by atoms with Crippen molar-refractivity contribution in [1.29, 1.82) is 0 Å². The van der Waals surface area contributed by atoms with Crippen molar-refractivity contribution >= 4 is 23.2 Å². The molecule has 2 heterocycles. The molecule has 2 aromatic rings. The highest BCUT2D eigenvalue weighted by molar-refractivity contribution is 6.35. The van der Waals surface area contributed by atoms with Crippen molar-refractivity contribution in [3.05, 3.63) is 58.1 Å². The number of rotatable bonds is 4. The zero-order chi connectivity index (χ0) is 15.5. The van der Waals surface area contributed by atoms with Gasteiger partial charge in [0.2, 0.25) is 0 Å². The van der Waals surface area contributed by atoms with Crippen LogP contribution in [0.5, 0.6) is 5.75 Å². The van der Waals surface area contributed by atoms with Gasteiger partial charge in [0.25, 0.3) is 0 Å². The molecule has 3 nitrogen and oxygen atoms in total. The van der Waals surface area contributed by atoms with E-state index in [-0.39, 0.29) is 17.8 Å². The van der Waals surface area contributed by atoms with E-state index in [0.717, 1.165) is 19.5 Å². The van der Waals surface area contributed by atoms with Gasteiger partial charge in [-0.25, -0.2) is 4.39 Å². The van der Waals surface area contributed by atoms with E-state index < -0.39 is 0 Å². The normalized spacial score (nSPS) is 19.1. The second-order valence-electron chi connectivity index (χ2n) is 5.30.